The van der Waals surface area contributed by atoms with Crippen molar-refractivity contribution in [2.24, 2.45) is 0 Å². The molecule has 0 bridgehead atoms. The molecule has 1 aliphatic rings. The summed E-state index contributed by atoms with van der Waals surface area (Å²) in [5, 5.41) is 11.3. The van der Waals surface area contributed by atoms with Gasteiger partial charge in [-0.15, -0.1) is 0 Å². The Morgan fingerprint density at radius 1 is 1.19 bits per heavy atom. The van der Waals surface area contributed by atoms with E-state index in [1.165, 1.54) is 24.2 Å². The van der Waals surface area contributed by atoms with Gasteiger partial charge in [0.2, 0.25) is 0 Å². The number of aldehydes is 1. The molecule has 26 heavy (non-hydrogen) atoms. The quantitative estimate of drug-likeness (QED) is 0.635. The molecular formula is C21H30N2O3. The van der Waals surface area contributed by atoms with Crippen molar-refractivity contribution in [1.82, 2.24) is 5.32 Å². The van der Waals surface area contributed by atoms with E-state index in [0.717, 1.165) is 12.0 Å². The summed E-state index contributed by atoms with van der Waals surface area (Å²) in [4.78, 5) is 11.9. The summed E-state index contributed by atoms with van der Waals surface area (Å²) in [6.45, 7) is 3.65. The van der Waals surface area contributed by atoms with Gasteiger partial charge in [-0.1, -0.05) is 36.4 Å². The van der Waals surface area contributed by atoms with Gasteiger partial charge in [0.05, 0.1) is 19.8 Å². The summed E-state index contributed by atoms with van der Waals surface area (Å²) in [5.41, 5.74) is 2.90. The molecule has 5 nitrogen and oxygen atoms in total. The van der Waals surface area contributed by atoms with Crippen molar-refractivity contribution in [3.8, 4) is 5.75 Å². The first-order valence-corrected chi connectivity index (χ1v) is 8.79. The summed E-state index contributed by atoms with van der Waals surface area (Å²) in [5.74, 6) is 0.910. The molecule has 142 valence electrons. The second kappa shape index (κ2) is 12.9. The number of likely N-dealkylation sites (N-methyl/N-ethyl adjacent to an activating group) is 1. The van der Waals surface area contributed by atoms with E-state index >= 15 is 0 Å². The number of ether oxygens (including phenoxy) is 1. The van der Waals surface area contributed by atoms with Gasteiger partial charge in [-0.2, -0.15) is 0 Å². The lowest BCUT2D eigenvalue weighted by Crippen LogP contribution is -2.25. The van der Waals surface area contributed by atoms with Crippen LogP contribution in [0, 0.1) is 0 Å². The van der Waals surface area contributed by atoms with Gasteiger partial charge in [-0.3, -0.25) is 0 Å². The zero-order valence-electron chi connectivity index (χ0n) is 15.9. The molecule has 1 heterocycles. The fourth-order valence-corrected chi connectivity index (χ4v) is 2.41. The third-order valence-corrected chi connectivity index (χ3v) is 3.77. The van der Waals surface area contributed by atoms with Gasteiger partial charge < -0.3 is 24.9 Å². The molecule has 2 aromatic carbocycles. The number of hydrogen-bond donors (Lipinski definition) is 2. The van der Waals surface area contributed by atoms with Crippen molar-refractivity contribution >= 4 is 12.0 Å². The largest absolute Gasteiger partial charge is 0.497 e. The van der Waals surface area contributed by atoms with Crippen LogP contribution in [0.5, 0.6) is 5.75 Å². The van der Waals surface area contributed by atoms with Crippen LogP contribution in [0.2, 0.25) is 0 Å². The Balaban J connectivity index is 0.000000198. The number of rotatable bonds is 5. The summed E-state index contributed by atoms with van der Waals surface area (Å²) < 4.78 is 4.91. The van der Waals surface area contributed by atoms with Gasteiger partial charge in [0.1, 0.15) is 12.0 Å². The highest BCUT2D eigenvalue weighted by Crippen LogP contribution is 2.25. The SMILES string of the molecule is CC(O)CNCC=O.CN1CCc2ccccc21.COc1ccccc1. The first kappa shape index (κ1) is 21.7. The second-order valence-corrected chi connectivity index (χ2v) is 5.99. The molecule has 0 spiro atoms. The Labute approximate surface area is 156 Å². The summed E-state index contributed by atoms with van der Waals surface area (Å²) in [6.07, 6.45) is 1.62. The molecule has 1 aliphatic heterocycles. The van der Waals surface area contributed by atoms with Crippen LogP contribution in [0.3, 0.4) is 0 Å². The summed E-state index contributed by atoms with van der Waals surface area (Å²) in [6, 6.07) is 18.3. The standard InChI is InChI=1S/C9H11N.C7H8O.C5H11NO2/c1-10-7-6-8-4-2-3-5-9(8)10;1-8-7-5-3-2-4-6-7;1-5(8)4-6-2-3-7/h2-5H,6-7H2,1H3;2-6H,1H3;3,5-6,8H,2,4H2,1H3. The highest BCUT2D eigenvalue weighted by molar-refractivity contribution is 5.56. The van der Waals surface area contributed by atoms with Gasteiger partial charge in [0.15, 0.2) is 0 Å². The molecule has 0 saturated carbocycles. The van der Waals surface area contributed by atoms with Crippen LogP contribution in [0.25, 0.3) is 0 Å². The van der Waals surface area contributed by atoms with Crippen LogP contribution >= 0.6 is 0 Å². The average Bonchev–Trinajstić information content (AvgIpc) is 3.05. The minimum absolute atomic E-state index is 0.324. The number of carbonyl (C=O) groups excluding carboxylic acids is 1. The van der Waals surface area contributed by atoms with Crippen LogP contribution in [0.4, 0.5) is 5.69 Å². The summed E-state index contributed by atoms with van der Waals surface area (Å²) in [7, 11) is 3.81. The van der Waals surface area contributed by atoms with E-state index in [0.29, 0.717) is 13.1 Å². The maximum atomic E-state index is 9.64. The van der Waals surface area contributed by atoms with Crippen molar-refractivity contribution in [2.45, 2.75) is 19.4 Å². The number of nitrogens with one attached hydrogen (secondary N) is 1. The van der Waals surface area contributed by atoms with E-state index in [1.54, 1.807) is 14.0 Å². The molecule has 1 unspecified atom stereocenters. The number of nitrogens with zero attached hydrogens (tertiary/aromatic N) is 1. The third kappa shape index (κ3) is 8.65. The van der Waals surface area contributed by atoms with Crippen LogP contribution in [0.1, 0.15) is 12.5 Å². The molecule has 0 aliphatic carbocycles. The van der Waals surface area contributed by atoms with E-state index in [9.17, 15) is 4.79 Å². The smallest absolute Gasteiger partial charge is 0.133 e. The molecule has 0 aromatic heterocycles. The monoisotopic (exact) mass is 358 g/mol. The van der Waals surface area contributed by atoms with Crippen LogP contribution in [-0.4, -0.2) is 51.3 Å². The maximum absolute atomic E-state index is 9.64. The van der Waals surface area contributed by atoms with Crippen LogP contribution in [0.15, 0.2) is 54.6 Å². The molecule has 3 rings (SSSR count). The fourth-order valence-electron chi connectivity index (χ4n) is 2.41. The molecule has 0 radical (unpaired) electrons. The Morgan fingerprint density at radius 3 is 2.38 bits per heavy atom. The first-order valence-electron chi connectivity index (χ1n) is 8.79. The van der Waals surface area contributed by atoms with Gasteiger partial charge in [0, 0.05) is 25.8 Å². The molecule has 0 amide bonds. The number of aliphatic hydroxyl groups is 1. The molecule has 0 saturated heterocycles. The number of hydrogen-bond acceptors (Lipinski definition) is 5. The predicted molar refractivity (Wildman–Crippen MR) is 107 cm³/mol. The van der Waals surface area contributed by atoms with Crippen LogP contribution < -0.4 is 15.0 Å². The number of carbonyl (C=O) groups is 1. The van der Waals surface area contributed by atoms with Crippen molar-refractivity contribution in [2.75, 3.05) is 38.7 Å². The molecular weight excluding hydrogens is 328 g/mol. The average molecular weight is 358 g/mol. The lowest BCUT2D eigenvalue weighted by molar-refractivity contribution is -0.107. The molecule has 2 aromatic rings. The fraction of sp³-hybridized carbons (Fsp3) is 0.381. The van der Waals surface area contributed by atoms with Gasteiger partial charge in [-0.05, 0) is 37.1 Å². The van der Waals surface area contributed by atoms with Gasteiger partial charge in [-0.25, -0.2) is 0 Å². The topological polar surface area (TPSA) is 61.8 Å². The van der Waals surface area contributed by atoms with Crippen molar-refractivity contribution in [1.29, 1.82) is 0 Å². The number of aliphatic hydroxyl groups excluding tert-OH is 1. The van der Waals surface area contributed by atoms with E-state index in [2.05, 4.69) is 41.5 Å². The normalized spacial score (nSPS) is 12.7. The predicted octanol–water partition coefficient (Wildman–Crippen LogP) is 2.53. The Hall–Kier alpha value is -2.37. The van der Waals surface area contributed by atoms with Crippen LogP contribution in [-0.2, 0) is 11.2 Å². The molecule has 2 N–H and O–H groups in total. The molecule has 0 fully saturated rings. The van der Waals surface area contributed by atoms with Gasteiger partial charge >= 0.3 is 0 Å². The zero-order chi connectivity index (χ0) is 19.2. The van der Waals surface area contributed by atoms with Crippen molar-refractivity contribution in [3.63, 3.8) is 0 Å². The molecule has 1 atom stereocenters. The Morgan fingerprint density at radius 2 is 1.85 bits per heavy atom. The van der Waals surface area contributed by atoms with E-state index in [-0.39, 0.29) is 6.10 Å². The van der Waals surface area contributed by atoms with Crippen molar-refractivity contribution < 1.29 is 14.6 Å². The number of benzene rings is 2. The number of para-hydroxylation sites is 2. The summed E-state index contributed by atoms with van der Waals surface area (Å²) >= 11 is 0. The maximum Gasteiger partial charge on any atom is 0.133 e. The highest BCUT2D eigenvalue weighted by atomic mass is 16.5. The van der Waals surface area contributed by atoms with Crippen molar-refractivity contribution in [3.05, 3.63) is 60.2 Å². The second-order valence-electron chi connectivity index (χ2n) is 5.99. The van der Waals surface area contributed by atoms with E-state index in [1.807, 2.05) is 30.3 Å². The highest BCUT2D eigenvalue weighted by Gasteiger charge is 2.12. The number of methoxy groups -OCH3 is 1. The number of fused-ring (bicyclic) bond motifs is 1. The first-order chi connectivity index (χ1) is 12.6. The van der Waals surface area contributed by atoms with E-state index < -0.39 is 0 Å². The zero-order valence-corrected chi connectivity index (χ0v) is 15.9. The lowest BCUT2D eigenvalue weighted by Gasteiger charge is -2.10. The number of anilines is 1. The lowest BCUT2D eigenvalue weighted by atomic mass is 10.2. The third-order valence-electron chi connectivity index (χ3n) is 3.77. The van der Waals surface area contributed by atoms with E-state index in [4.69, 9.17) is 9.84 Å². The Bertz CT molecular complexity index is 618. The van der Waals surface area contributed by atoms with Gasteiger partial charge in [0.25, 0.3) is 0 Å². The minimum Gasteiger partial charge on any atom is -0.497 e. The molecule has 5 heteroatoms. The Kier molecular flexibility index (Phi) is 10.8. The minimum atomic E-state index is -0.366.